The van der Waals surface area contributed by atoms with E-state index in [2.05, 4.69) is 0 Å². The standard InChI is InChI=1S/C13H16ClNO3/c1-8-5-12(18-4)10(6-11(8)14)7-15(3)13(17)9(2)16/h5-6H,7H2,1-4H3. The van der Waals surface area contributed by atoms with Crippen LogP contribution in [0.3, 0.4) is 0 Å². The summed E-state index contributed by atoms with van der Waals surface area (Å²) in [4.78, 5) is 23.8. The van der Waals surface area contributed by atoms with Crippen molar-refractivity contribution >= 4 is 23.3 Å². The van der Waals surface area contributed by atoms with Gasteiger partial charge in [0.15, 0.2) is 0 Å². The molecule has 18 heavy (non-hydrogen) atoms. The Morgan fingerprint density at radius 3 is 2.50 bits per heavy atom. The van der Waals surface area contributed by atoms with Crippen molar-refractivity contribution in [2.24, 2.45) is 0 Å². The average molecular weight is 270 g/mol. The lowest BCUT2D eigenvalue weighted by atomic mass is 10.1. The van der Waals surface area contributed by atoms with Gasteiger partial charge in [-0.1, -0.05) is 11.6 Å². The van der Waals surface area contributed by atoms with E-state index in [1.165, 1.54) is 11.8 Å². The molecule has 1 aromatic rings. The third kappa shape index (κ3) is 3.23. The zero-order valence-electron chi connectivity index (χ0n) is 10.9. The van der Waals surface area contributed by atoms with Crippen LogP contribution in [0.2, 0.25) is 5.02 Å². The first-order chi connectivity index (χ1) is 8.36. The maximum Gasteiger partial charge on any atom is 0.289 e. The number of likely N-dealkylation sites (N-methyl/N-ethyl adjacent to an activating group) is 1. The quantitative estimate of drug-likeness (QED) is 0.788. The predicted octanol–water partition coefficient (Wildman–Crippen LogP) is 2.20. The molecular formula is C13H16ClNO3. The number of Topliss-reactive ketones (excluding diaryl/α,β-unsaturated/α-hetero) is 1. The number of benzene rings is 1. The van der Waals surface area contributed by atoms with Gasteiger partial charge in [0.25, 0.3) is 5.91 Å². The number of halogens is 1. The number of rotatable bonds is 4. The molecule has 1 aromatic carbocycles. The fraction of sp³-hybridized carbons (Fsp3) is 0.385. The minimum absolute atomic E-state index is 0.279. The Labute approximate surface area is 111 Å². The molecule has 0 aromatic heterocycles. The molecule has 0 aliphatic carbocycles. The van der Waals surface area contributed by atoms with Crippen molar-refractivity contribution in [2.75, 3.05) is 14.2 Å². The number of ether oxygens (including phenoxy) is 1. The van der Waals surface area contributed by atoms with Crippen molar-refractivity contribution in [3.63, 3.8) is 0 Å². The van der Waals surface area contributed by atoms with E-state index in [1.807, 2.05) is 13.0 Å². The summed E-state index contributed by atoms with van der Waals surface area (Å²) in [5, 5.41) is 0.606. The highest BCUT2D eigenvalue weighted by atomic mass is 35.5. The molecule has 0 bridgehead atoms. The van der Waals surface area contributed by atoms with E-state index < -0.39 is 11.7 Å². The second-order valence-corrected chi connectivity index (χ2v) is 4.54. The summed E-state index contributed by atoms with van der Waals surface area (Å²) < 4.78 is 5.24. The van der Waals surface area contributed by atoms with Crippen molar-refractivity contribution < 1.29 is 14.3 Å². The van der Waals surface area contributed by atoms with Gasteiger partial charge in [0.2, 0.25) is 5.78 Å². The SMILES string of the molecule is COc1cc(C)c(Cl)cc1CN(C)C(=O)C(C)=O. The van der Waals surface area contributed by atoms with Crippen LogP contribution in [0.25, 0.3) is 0 Å². The van der Waals surface area contributed by atoms with Gasteiger partial charge in [0.05, 0.1) is 7.11 Å². The fourth-order valence-electron chi connectivity index (χ4n) is 1.61. The van der Waals surface area contributed by atoms with E-state index in [9.17, 15) is 9.59 Å². The van der Waals surface area contributed by atoms with Crippen LogP contribution in [-0.4, -0.2) is 30.7 Å². The van der Waals surface area contributed by atoms with E-state index in [1.54, 1.807) is 20.2 Å². The number of amides is 1. The van der Waals surface area contributed by atoms with Gasteiger partial charge >= 0.3 is 0 Å². The minimum atomic E-state index is -0.534. The summed E-state index contributed by atoms with van der Waals surface area (Å²) in [5.74, 6) is -0.372. The monoisotopic (exact) mass is 269 g/mol. The molecule has 0 fully saturated rings. The molecule has 0 atom stereocenters. The number of hydrogen-bond donors (Lipinski definition) is 0. The van der Waals surface area contributed by atoms with Gasteiger partial charge in [-0.2, -0.15) is 0 Å². The van der Waals surface area contributed by atoms with Crippen LogP contribution in [0.4, 0.5) is 0 Å². The van der Waals surface area contributed by atoms with E-state index >= 15 is 0 Å². The van der Waals surface area contributed by atoms with Crippen LogP contribution >= 0.6 is 11.6 Å². The smallest absolute Gasteiger partial charge is 0.289 e. The van der Waals surface area contributed by atoms with Crippen LogP contribution in [0, 0.1) is 6.92 Å². The van der Waals surface area contributed by atoms with Crippen LogP contribution in [-0.2, 0) is 16.1 Å². The van der Waals surface area contributed by atoms with Gasteiger partial charge in [-0.05, 0) is 24.6 Å². The van der Waals surface area contributed by atoms with Gasteiger partial charge in [-0.15, -0.1) is 0 Å². The summed E-state index contributed by atoms with van der Waals surface area (Å²) in [6.45, 7) is 3.40. The average Bonchev–Trinajstić information content (AvgIpc) is 2.32. The summed E-state index contributed by atoms with van der Waals surface area (Å²) in [6, 6.07) is 3.56. The highest BCUT2D eigenvalue weighted by molar-refractivity contribution is 6.35. The Kier molecular flexibility index (Phi) is 4.73. The molecule has 0 radical (unpaired) electrons. The molecule has 0 unspecified atom stereocenters. The van der Waals surface area contributed by atoms with Gasteiger partial charge < -0.3 is 9.64 Å². The second-order valence-electron chi connectivity index (χ2n) is 4.13. The molecular weight excluding hydrogens is 254 g/mol. The summed E-state index contributed by atoms with van der Waals surface area (Å²) >= 11 is 6.04. The molecule has 1 amide bonds. The lowest BCUT2D eigenvalue weighted by molar-refractivity contribution is -0.143. The topological polar surface area (TPSA) is 46.6 Å². The third-order valence-electron chi connectivity index (χ3n) is 2.62. The van der Waals surface area contributed by atoms with Crippen LogP contribution < -0.4 is 4.74 Å². The zero-order chi connectivity index (χ0) is 13.9. The predicted molar refractivity (Wildman–Crippen MR) is 69.9 cm³/mol. The first-order valence-corrected chi connectivity index (χ1v) is 5.83. The van der Waals surface area contributed by atoms with E-state index in [4.69, 9.17) is 16.3 Å². The van der Waals surface area contributed by atoms with Gasteiger partial charge in [0, 0.05) is 31.1 Å². The third-order valence-corrected chi connectivity index (χ3v) is 3.02. The molecule has 1 rings (SSSR count). The van der Waals surface area contributed by atoms with E-state index in [0.29, 0.717) is 10.8 Å². The normalized spacial score (nSPS) is 10.1. The van der Waals surface area contributed by atoms with Crippen molar-refractivity contribution in [2.45, 2.75) is 20.4 Å². The number of nitrogens with zero attached hydrogens (tertiary/aromatic N) is 1. The minimum Gasteiger partial charge on any atom is -0.496 e. The Morgan fingerprint density at radius 1 is 1.39 bits per heavy atom. The van der Waals surface area contributed by atoms with Crippen molar-refractivity contribution in [3.05, 3.63) is 28.3 Å². The number of carbonyl (C=O) groups excluding carboxylic acids is 2. The van der Waals surface area contributed by atoms with Gasteiger partial charge in [-0.3, -0.25) is 9.59 Å². The molecule has 0 aliphatic rings. The van der Waals surface area contributed by atoms with Crippen LogP contribution in [0.15, 0.2) is 12.1 Å². The Bertz CT molecular complexity index is 485. The summed E-state index contributed by atoms with van der Waals surface area (Å²) in [7, 11) is 3.12. The zero-order valence-corrected chi connectivity index (χ0v) is 11.7. The lowest BCUT2D eigenvalue weighted by Crippen LogP contribution is -2.31. The molecule has 0 heterocycles. The van der Waals surface area contributed by atoms with Gasteiger partial charge in [-0.25, -0.2) is 0 Å². The highest BCUT2D eigenvalue weighted by Crippen LogP contribution is 2.27. The molecule has 0 saturated heterocycles. The molecule has 5 heteroatoms. The van der Waals surface area contributed by atoms with E-state index in [0.717, 1.165) is 11.1 Å². The second kappa shape index (κ2) is 5.87. The number of ketones is 1. The summed E-state index contributed by atoms with van der Waals surface area (Å²) in [5.41, 5.74) is 1.67. The van der Waals surface area contributed by atoms with Crippen molar-refractivity contribution in [3.8, 4) is 5.75 Å². The highest BCUT2D eigenvalue weighted by Gasteiger charge is 2.16. The van der Waals surface area contributed by atoms with Gasteiger partial charge in [0.1, 0.15) is 5.75 Å². The molecule has 4 nitrogen and oxygen atoms in total. The van der Waals surface area contributed by atoms with Crippen LogP contribution in [0.5, 0.6) is 5.75 Å². The Balaban J connectivity index is 3.00. The maximum absolute atomic E-state index is 11.5. The number of hydrogen-bond acceptors (Lipinski definition) is 3. The van der Waals surface area contributed by atoms with Crippen LogP contribution in [0.1, 0.15) is 18.1 Å². The van der Waals surface area contributed by atoms with E-state index in [-0.39, 0.29) is 6.54 Å². The first kappa shape index (κ1) is 14.5. The Hall–Kier alpha value is -1.55. The maximum atomic E-state index is 11.5. The first-order valence-electron chi connectivity index (χ1n) is 5.45. The fourth-order valence-corrected chi connectivity index (χ4v) is 1.79. The summed E-state index contributed by atoms with van der Waals surface area (Å²) in [6.07, 6.45) is 0. The lowest BCUT2D eigenvalue weighted by Gasteiger charge is -2.18. The molecule has 0 saturated carbocycles. The number of carbonyl (C=O) groups is 2. The Morgan fingerprint density at radius 2 is 2.00 bits per heavy atom. The molecule has 0 N–H and O–H groups in total. The van der Waals surface area contributed by atoms with Crippen molar-refractivity contribution in [1.29, 1.82) is 0 Å². The largest absolute Gasteiger partial charge is 0.496 e. The molecule has 98 valence electrons. The molecule has 0 spiro atoms. The number of methoxy groups -OCH3 is 1. The van der Waals surface area contributed by atoms with Crippen molar-refractivity contribution in [1.82, 2.24) is 4.90 Å². The molecule has 0 aliphatic heterocycles. The number of aryl methyl sites for hydroxylation is 1.